The molecule has 1 amide bonds. The minimum atomic E-state index is -0.117. The van der Waals surface area contributed by atoms with Crippen LogP contribution in [0, 0.1) is 0 Å². The van der Waals surface area contributed by atoms with E-state index in [1.54, 1.807) is 26.4 Å². The maximum atomic E-state index is 11.8. The maximum absolute atomic E-state index is 11.8. The molecular weight excluding hydrogens is 495 g/mol. The molecule has 0 aliphatic heterocycles. The highest BCUT2D eigenvalue weighted by molar-refractivity contribution is 7.99. The van der Waals surface area contributed by atoms with Gasteiger partial charge in [-0.05, 0) is 25.2 Å². The van der Waals surface area contributed by atoms with Crippen LogP contribution in [-0.2, 0) is 4.79 Å². The Morgan fingerprint density at radius 2 is 2.03 bits per heavy atom. The fourth-order valence-corrected chi connectivity index (χ4v) is 4.63. The van der Waals surface area contributed by atoms with Gasteiger partial charge in [0.05, 0.1) is 26.9 Å². The summed E-state index contributed by atoms with van der Waals surface area (Å²) in [6.45, 7) is 7.41. The molecule has 0 bridgehead atoms. The Kier molecular flexibility index (Phi) is 9.58. The second-order valence-electron chi connectivity index (χ2n) is 7.31. The second kappa shape index (κ2) is 12.4. The average molecular weight is 523 g/mol. The number of aliphatic imine (C=N–C) groups is 1. The predicted octanol–water partition coefficient (Wildman–Crippen LogP) is 4.54. The third kappa shape index (κ3) is 6.21. The molecule has 1 aromatic carbocycles. The summed E-state index contributed by atoms with van der Waals surface area (Å²) in [7, 11) is 3.29. The second-order valence-corrected chi connectivity index (χ2v) is 9.07. The van der Waals surface area contributed by atoms with Gasteiger partial charge < -0.3 is 19.9 Å². The fraction of sp³-hybridized carbons (Fsp3) is 0.391. The number of nitrogens with one attached hydrogen (secondary N) is 2. The quantitative estimate of drug-likeness (QED) is 0.218. The van der Waals surface area contributed by atoms with E-state index in [1.165, 1.54) is 11.8 Å². The molecule has 34 heavy (non-hydrogen) atoms. The largest absolute Gasteiger partial charge is 0.491 e. The highest BCUT2D eigenvalue weighted by atomic mass is 35.5. The van der Waals surface area contributed by atoms with Crippen molar-refractivity contribution >= 4 is 58.1 Å². The number of thioether (sulfide) groups is 1. The number of hydrogen-bond donors (Lipinski definition) is 2. The van der Waals surface area contributed by atoms with Crippen LogP contribution in [0.25, 0.3) is 22.3 Å². The monoisotopic (exact) mass is 522 g/mol. The van der Waals surface area contributed by atoms with Crippen molar-refractivity contribution in [3.63, 3.8) is 0 Å². The number of benzene rings is 1. The van der Waals surface area contributed by atoms with Crippen LogP contribution < -0.4 is 10.1 Å². The molecule has 0 radical (unpaired) electrons. The van der Waals surface area contributed by atoms with Gasteiger partial charge in [0.1, 0.15) is 18.0 Å². The third-order valence-corrected chi connectivity index (χ3v) is 6.71. The molecule has 0 spiro atoms. The van der Waals surface area contributed by atoms with Gasteiger partial charge in [0.25, 0.3) is 0 Å². The van der Waals surface area contributed by atoms with Crippen LogP contribution in [0.2, 0.25) is 10.0 Å². The summed E-state index contributed by atoms with van der Waals surface area (Å²) in [5.41, 5.74) is 2.71. The molecule has 2 N–H and O–H groups in total. The van der Waals surface area contributed by atoms with Gasteiger partial charge in [0, 0.05) is 44.2 Å². The summed E-state index contributed by atoms with van der Waals surface area (Å²) in [5.74, 6) is 0.606. The number of likely N-dealkylation sites (N-methyl/N-ethyl adjacent to an activating group) is 1. The molecule has 3 aromatic rings. The van der Waals surface area contributed by atoms with Gasteiger partial charge in [-0.1, -0.05) is 48.8 Å². The SMILES string of the molecule is CCN(CC)CCOc1cc(-c2nc(SCC(=O)NC)nc3[nH]cc(C=NC)c23)c(Cl)cc1Cl. The number of carbonyl (C=O) groups is 1. The van der Waals surface area contributed by atoms with Crippen LogP contribution in [0.1, 0.15) is 19.4 Å². The zero-order valence-corrected chi connectivity index (χ0v) is 21.9. The average Bonchev–Trinajstić information content (AvgIpc) is 3.24. The van der Waals surface area contributed by atoms with Crippen LogP contribution in [0.3, 0.4) is 0 Å². The first-order valence-electron chi connectivity index (χ1n) is 10.9. The Labute approximate surface area is 213 Å². The molecule has 0 unspecified atom stereocenters. The van der Waals surface area contributed by atoms with Crippen molar-refractivity contribution in [3.8, 4) is 17.0 Å². The van der Waals surface area contributed by atoms with E-state index in [-0.39, 0.29) is 11.7 Å². The van der Waals surface area contributed by atoms with E-state index in [0.29, 0.717) is 44.5 Å². The molecule has 0 aliphatic carbocycles. The van der Waals surface area contributed by atoms with E-state index in [4.69, 9.17) is 32.9 Å². The molecule has 3 rings (SSSR count). The summed E-state index contributed by atoms with van der Waals surface area (Å²) in [6, 6.07) is 3.47. The molecule has 182 valence electrons. The van der Waals surface area contributed by atoms with Gasteiger partial charge in [0.15, 0.2) is 5.16 Å². The Morgan fingerprint density at radius 3 is 2.71 bits per heavy atom. The molecule has 2 aromatic heterocycles. The number of amides is 1. The molecule has 0 aliphatic rings. The number of hydrogen-bond acceptors (Lipinski definition) is 7. The first-order chi connectivity index (χ1) is 16.4. The number of nitrogens with zero attached hydrogens (tertiary/aromatic N) is 4. The smallest absolute Gasteiger partial charge is 0.230 e. The topological polar surface area (TPSA) is 95.5 Å². The van der Waals surface area contributed by atoms with E-state index in [9.17, 15) is 4.79 Å². The van der Waals surface area contributed by atoms with Crippen molar-refractivity contribution in [1.29, 1.82) is 0 Å². The number of fused-ring (bicyclic) bond motifs is 1. The summed E-state index contributed by atoms with van der Waals surface area (Å²) in [6.07, 6.45) is 3.54. The zero-order valence-electron chi connectivity index (χ0n) is 19.6. The van der Waals surface area contributed by atoms with Crippen molar-refractivity contribution < 1.29 is 9.53 Å². The number of ether oxygens (including phenoxy) is 1. The number of aromatic nitrogens is 3. The van der Waals surface area contributed by atoms with Crippen LogP contribution in [-0.4, -0.2) is 78.1 Å². The van der Waals surface area contributed by atoms with Crippen LogP contribution in [0.5, 0.6) is 5.75 Å². The summed E-state index contributed by atoms with van der Waals surface area (Å²) in [5, 5.41) is 4.68. The van der Waals surface area contributed by atoms with Gasteiger partial charge in [-0.15, -0.1) is 0 Å². The normalized spacial score (nSPS) is 11.6. The Bertz CT molecular complexity index is 1180. The van der Waals surface area contributed by atoms with Gasteiger partial charge in [-0.2, -0.15) is 0 Å². The first-order valence-corrected chi connectivity index (χ1v) is 12.6. The fourth-order valence-electron chi connectivity index (χ4n) is 3.38. The third-order valence-electron chi connectivity index (χ3n) is 5.26. The van der Waals surface area contributed by atoms with Crippen LogP contribution in [0.4, 0.5) is 0 Å². The molecule has 2 heterocycles. The molecule has 11 heteroatoms. The number of halogens is 2. The highest BCUT2D eigenvalue weighted by Gasteiger charge is 2.20. The Balaban J connectivity index is 2.06. The lowest BCUT2D eigenvalue weighted by molar-refractivity contribution is -0.118. The molecule has 8 nitrogen and oxygen atoms in total. The van der Waals surface area contributed by atoms with Crippen molar-refractivity contribution in [2.45, 2.75) is 19.0 Å². The van der Waals surface area contributed by atoms with Crippen molar-refractivity contribution in [2.75, 3.05) is 46.1 Å². The van der Waals surface area contributed by atoms with Gasteiger partial charge >= 0.3 is 0 Å². The number of aromatic amines is 1. The minimum Gasteiger partial charge on any atom is -0.491 e. The summed E-state index contributed by atoms with van der Waals surface area (Å²) in [4.78, 5) is 30.7. The first kappa shape index (κ1) is 26.3. The number of rotatable bonds is 11. The van der Waals surface area contributed by atoms with E-state index >= 15 is 0 Å². The van der Waals surface area contributed by atoms with E-state index in [0.717, 1.165) is 30.6 Å². The number of H-pyrrole nitrogens is 1. The summed E-state index contributed by atoms with van der Waals surface area (Å²) < 4.78 is 6.02. The lowest BCUT2D eigenvalue weighted by Gasteiger charge is -2.19. The molecular formula is C23H28Cl2N6O2S. The van der Waals surface area contributed by atoms with E-state index in [1.807, 2.05) is 12.3 Å². The Morgan fingerprint density at radius 1 is 1.26 bits per heavy atom. The van der Waals surface area contributed by atoms with Gasteiger partial charge in [-0.25, -0.2) is 9.97 Å². The van der Waals surface area contributed by atoms with E-state index in [2.05, 4.69) is 39.0 Å². The molecule has 0 fully saturated rings. The predicted molar refractivity (Wildman–Crippen MR) is 141 cm³/mol. The molecule has 0 saturated carbocycles. The van der Waals surface area contributed by atoms with E-state index < -0.39 is 0 Å². The Hall–Kier alpha value is -2.33. The zero-order chi connectivity index (χ0) is 24.7. The van der Waals surface area contributed by atoms with Crippen molar-refractivity contribution in [3.05, 3.63) is 33.9 Å². The molecule has 0 atom stereocenters. The number of carbonyl (C=O) groups excluding carboxylic acids is 1. The lowest BCUT2D eigenvalue weighted by atomic mass is 10.1. The standard InChI is InChI=1S/C23H28Cl2N6O2S/c1-5-31(6-2)7-8-33-18-9-15(16(24)10-17(18)25)21-20-14(11-26-3)12-28-22(20)30-23(29-21)34-13-19(32)27-4/h9-12H,5-8,13H2,1-4H3,(H,27,32)(H,28,29,30). The lowest BCUT2D eigenvalue weighted by Crippen LogP contribution is -2.27. The minimum absolute atomic E-state index is 0.117. The highest BCUT2D eigenvalue weighted by Crippen LogP contribution is 2.39. The van der Waals surface area contributed by atoms with Crippen molar-refractivity contribution in [2.24, 2.45) is 4.99 Å². The van der Waals surface area contributed by atoms with Crippen molar-refractivity contribution in [1.82, 2.24) is 25.2 Å². The van der Waals surface area contributed by atoms with Gasteiger partial charge in [0.2, 0.25) is 5.91 Å². The van der Waals surface area contributed by atoms with Crippen LogP contribution >= 0.6 is 35.0 Å². The van der Waals surface area contributed by atoms with Crippen LogP contribution in [0.15, 0.2) is 28.5 Å². The van der Waals surface area contributed by atoms with Gasteiger partial charge in [-0.3, -0.25) is 9.79 Å². The maximum Gasteiger partial charge on any atom is 0.230 e. The molecule has 0 saturated heterocycles. The summed E-state index contributed by atoms with van der Waals surface area (Å²) >= 11 is 14.3.